The summed E-state index contributed by atoms with van der Waals surface area (Å²) in [5.41, 5.74) is 6.73. The summed E-state index contributed by atoms with van der Waals surface area (Å²) in [7, 11) is 0. The highest BCUT2D eigenvalue weighted by Crippen LogP contribution is 2.23. The van der Waals surface area contributed by atoms with Crippen molar-refractivity contribution in [3.63, 3.8) is 0 Å². The van der Waals surface area contributed by atoms with Gasteiger partial charge in [-0.2, -0.15) is 18.3 Å². The Hall–Kier alpha value is -3.08. The van der Waals surface area contributed by atoms with Gasteiger partial charge in [-0.05, 0) is 31.2 Å². The minimum atomic E-state index is -5.08. The van der Waals surface area contributed by atoms with Crippen LogP contribution in [0.1, 0.15) is 16.9 Å². The summed E-state index contributed by atoms with van der Waals surface area (Å²) in [6, 6.07) is 8.03. The summed E-state index contributed by atoms with van der Waals surface area (Å²) in [6.45, 7) is 0.928. The second-order valence-electron chi connectivity index (χ2n) is 4.94. The Bertz CT molecular complexity index is 774. The maximum absolute atomic E-state index is 11.2. The first-order valence-electron chi connectivity index (χ1n) is 7.17. The summed E-state index contributed by atoms with van der Waals surface area (Å²) in [5, 5.41) is 29.9. The van der Waals surface area contributed by atoms with Crippen LogP contribution in [0.25, 0.3) is 11.3 Å². The number of phenols is 1. The third kappa shape index (κ3) is 6.09. The standard InChI is InChI=1S/C13H15N3O3.C2HF3O2/c14-5-2-6-16-12(13(18)19)8-11(15-16)9-3-1-4-10(17)7-9;3-2(4,5)1(6)7/h1,3-4,7-8,17H,2,5-6,14H2,(H,18,19);(H,6,7). The Morgan fingerprint density at radius 3 is 2.27 bits per heavy atom. The molecule has 0 aliphatic carbocycles. The van der Waals surface area contributed by atoms with Crippen molar-refractivity contribution in [1.82, 2.24) is 9.78 Å². The third-order valence-corrected chi connectivity index (χ3v) is 2.96. The Morgan fingerprint density at radius 1 is 1.19 bits per heavy atom. The van der Waals surface area contributed by atoms with Crippen molar-refractivity contribution in [2.75, 3.05) is 6.54 Å². The lowest BCUT2D eigenvalue weighted by atomic mass is 10.1. The van der Waals surface area contributed by atoms with E-state index >= 15 is 0 Å². The smallest absolute Gasteiger partial charge is 0.490 e. The zero-order valence-electron chi connectivity index (χ0n) is 13.3. The van der Waals surface area contributed by atoms with Gasteiger partial charge in [-0.3, -0.25) is 4.68 Å². The third-order valence-electron chi connectivity index (χ3n) is 2.96. The van der Waals surface area contributed by atoms with Crippen molar-refractivity contribution in [2.24, 2.45) is 5.73 Å². The molecule has 0 saturated carbocycles. The van der Waals surface area contributed by atoms with Crippen LogP contribution in [0.5, 0.6) is 5.75 Å². The van der Waals surface area contributed by atoms with Crippen LogP contribution in [0, 0.1) is 0 Å². The molecule has 8 nitrogen and oxygen atoms in total. The lowest BCUT2D eigenvalue weighted by Gasteiger charge is -2.02. The molecule has 142 valence electrons. The summed E-state index contributed by atoms with van der Waals surface area (Å²) >= 11 is 0. The zero-order valence-corrected chi connectivity index (χ0v) is 13.3. The number of carboxylic acids is 2. The number of phenolic OH excluding ortho intramolecular Hbond substituents is 1. The van der Waals surface area contributed by atoms with Gasteiger partial charge in [0.15, 0.2) is 0 Å². The normalized spacial score (nSPS) is 10.8. The molecule has 0 saturated heterocycles. The van der Waals surface area contributed by atoms with E-state index in [0.717, 1.165) is 0 Å². The van der Waals surface area contributed by atoms with Crippen molar-refractivity contribution in [3.8, 4) is 17.0 Å². The summed E-state index contributed by atoms with van der Waals surface area (Å²) in [4.78, 5) is 20.1. The first-order chi connectivity index (χ1) is 12.1. The van der Waals surface area contributed by atoms with Crippen LogP contribution in [0.15, 0.2) is 30.3 Å². The number of aromatic hydroxyl groups is 1. The van der Waals surface area contributed by atoms with E-state index in [2.05, 4.69) is 5.10 Å². The summed E-state index contributed by atoms with van der Waals surface area (Å²) < 4.78 is 33.2. The molecule has 0 aliphatic heterocycles. The predicted octanol–water partition coefficient (Wildman–Crippen LogP) is 1.94. The van der Waals surface area contributed by atoms with Gasteiger partial charge < -0.3 is 21.1 Å². The highest BCUT2D eigenvalue weighted by molar-refractivity contribution is 5.87. The molecule has 11 heteroatoms. The summed E-state index contributed by atoms with van der Waals surface area (Å²) in [5.74, 6) is -3.67. The van der Waals surface area contributed by atoms with Gasteiger partial charge in [0.2, 0.25) is 0 Å². The average molecular weight is 375 g/mol. The molecule has 0 radical (unpaired) electrons. The zero-order chi connectivity index (χ0) is 19.9. The molecule has 0 atom stereocenters. The van der Waals surface area contributed by atoms with Crippen molar-refractivity contribution >= 4 is 11.9 Å². The lowest BCUT2D eigenvalue weighted by molar-refractivity contribution is -0.192. The number of aromatic nitrogens is 2. The fraction of sp³-hybridized carbons (Fsp3) is 0.267. The number of carbonyl (C=O) groups is 2. The second-order valence-corrected chi connectivity index (χ2v) is 4.94. The number of benzene rings is 1. The molecule has 5 N–H and O–H groups in total. The maximum atomic E-state index is 11.2. The number of hydrogen-bond donors (Lipinski definition) is 4. The number of nitrogens with zero attached hydrogens (tertiary/aromatic N) is 2. The number of carboxylic acid groups (broad SMARTS) is 2. The Balaban J connectivity index is 0.000000412. The van der Waals surface area contributed by atoms with Gasteiger partial charge in [-0.15, -0.1) is 0 Å². The van der Waals surface area contributed by atoms with Gasteiger partial charge in [0.05, 0.1) is 5.69 Å². The molecule has 0 spiro atoms. The molecule has 1 aromatic heterocycles. The molecule has 1 heterocycles. The molecule has 0 unspecified atom stereocenters. The first-order valence-corrected chi connectivity index (χ1v) is 7.17. The number of aromatic carboxylic acids is 1. The maximum Gasteiger partial charge on any atom is 0.490 e. The molecule has 0 fully saturated rings. The molecule has 1 aromatic carbocycles. The van der Waals surface area contributed by atoms with E-state index in [-0.39, 0.29) is 11.4 Å². The SMILES string of the molecule is NCCCn1nc(-c2cccc(O)c2)cc1C(=O)O.O=C(O)C(F)(F)F. The molecule has 2 rings (SSSR count). The number of nitrogens with two attached hydrogens (primary N) is 1. The molecule has 0 bridgehead atoms. The van der Waals surface area contributed by atoms with Crippen LogP contribution in [0.4, 0.5) is 13.2 Å². The van der Waals surface area contributed by atoms with Gasteiger partial charge in [0.1, 0.15) is 11.4 Å². The molecular formula is C15H16F3N3O5. The van der Waals surface area contributed by atoms with Crippen LogP contribution in [0.2, 0.25) is 0 Å². The quantitative estimate of drug-likeness (QED) is 0.626. The van der Waals surface area contributed by atoms with E-state index < -0.39 is 18.1 Å². The monoisotopic (exact) mass is 375 g/mol. The van der Waals surface area contributed by atoms with E-state index in [1.807, 2.05) is 0 Å². The lowest BCUT2D eigenvalue weighted by Crippen LogP contribution is -2.21. The van der Waals surface area contributed by atoms with Crippen molar-refractivity contribution < 1.29 is 38.1 Å². The number of halogens is 3. The topological polar surface area (TPSA) is 139 Å². The van der Waals surface area contributed by atoms with Gasteiger partial charge in [0.25, 0.3) is 0 Å². The van der Waals surface area contributed by atoms with E-state index in [9.17, 15) is 23.1 Å². The van der Waals surface area contributed by atoms with E-state index in [1.54, 1.807) is 24.3 Å². The minimum absolute atomic E-state index is 0.117. The highest BCUT2D eigenvalue weighted by atomic mass is 19.4. The van der Waals surface area contributed by atoms with Crippen LogP contribution in [-0.4, -0.2) is 49.8 Å². The van der Waals surface area contributed by atoms with Crippen LogP contribution in [0.3, 0.4) is 0 Å². The van der Waals surface area contributed by atoms with Gasteiger partial charge in [-0.25, -0.2) is 9.59 Å². The predicted molar refractivity (Wildman–Crippen MR) is 83.6 cm³/mol. The van der Waals surface area contributed by atoms with Crippen molar-refractivity contribution in [3.05, 3.63) is 36.0 Å². The first kappa shape index (κ1) is 21.0. The van der Waals surface area contributed by atoms with Gasteiger partial charge in [0, 0.05) is 12.1 Å². The number of aliphatic carboxylic acids is 1. The fourth-order valence-electron chi connectivity index (χ4n) is 1.81. The second kappa shape index (κ2) is 8.85. The molecule has 2 aromatic rings. The number of hydrogen-bond acceptors (Lipinski definition) is 5. The van der Waals surface area contributed by atoms with E-state index in [1.165, 1.54) is 10.7 Å². The van der Waals surface area contributed by atoms with Crippen LogP contribution >= 0.6 is 0 Å². The Kier molecular flexibility index (Phi) is 7.14. The number of rotatable bonds is 5. The fourth-order valence-corrected chi connectivity index (χ4v) is 1.81. The van der Waals surface area contributed by atoms with Crippen LogP contribution < -0.4 is 5.73 Å². The largest absolute Gasteiger partial charge is 0.508 e. The molecule has 0 aliphatic rings. The van der Waals surface area contributed by atoms with Crippen LogP contribution in [-0.2, 0) is 11.3 Å². The molecular weight excluding hydrogens is 359 g/mol. The number of alkyl halides is 3. The highest BCUT2D eigenvalue weighted by Gasteiger charge is 2.38. The number of aryl methyl sites for hydroxylation is 1. The van der Waals surface area contributed by atoms with E-state index in [4.69, 9.17) is 20.7 Å². The van der Waals surface area contributed by atoms with Gasteiger partial charge >= 0.3 is 18.1 Å². The summed E-state index contributed by atoms with van der Waals surface area (Å²) in [6.07, 6.45) is -4.43. The minimum Gasteiger partial charge on any atom is -0.508 e. The molecule has 0 amide bonds. The van der Waals surface area contributed by atoms with Crippen molar-refractivity contribution in [2.45, 2.75) is 19.1 Å². The Labute approximate surface area is 145 Å². The van der Waals surface area contributed by atoms with Gasteiger partial charge in [-0.1, -0.05) is 12.1 Å². The average Bonchev–Trinajstić information content (AvgIpc) is 2.97. The van der Waals surface area contributed by atoms with Crippen molar-refractivity contribution in [1.29, 1.82) is 0 Å². The Morgan fingerprint density at radius 2 is 1.81 bits per heavy atom. The van der Waals surface area contributed by atoms with E-state index in [0.29, 0.717) is 30.8 Å². The molecule has 26 heavy (non-hydrogen) atoms.